The van der Waals surface area contributed by atoms with E-state index >= 15 is 0 Å². The minimum atomic E-state index is 0.762. The Morgan fingerprint density at radius 3 is 2.62 bits per heavy atom. The van der Waals surface area contributed by atoms with E-state index in [0.29, 0.717) is 0 Å². The highest BCUT2D eigenvalue weighted by Gasteiger charge is 2.01. The van der Waals surface area contributed by atoms with E-state index in [4.69, 9.17) is 0 Å². The van der Waals surface area contributed by atoms with Crippen LogP contribution >= 0.6 is 35.2 Å². The molecule has 0 unspecified atom stereocenters. The van der Waals surface area contributed by atoms with Crippen LogP contribution in [0, 0.1) is 0 Å². The van der Waals surface area contributed by atoms with Crippen molar-refractivity contribution >= 4 is 41.4 Å². The van der Waals surface area contributed by atoms with Gasteiger partial charge in [-0.25, -0.2) is 0 Å². The van der Waals surface area contributed by atoms with Gasteiger partial charge in [0.2, 0.25) is 0 Å². The third-order valence-electron chi connectivity index (χ3n) is 1.82. The third-order valence-corrected chi connectivity index (χ3v) is 2.62. The molecule has 0 aromatic rings. The van der Waals surface area contributed by atoms with Crippen LogP contribution in [0.2, 0.25) is 0 Å². The van der Waals surface area contributed by atoms with E-state index in [9.17, 15) is 0 Å². The Morgan fingerprint density at radius 2 is 2.12 bits per heavy atom. The van der Waals surface area contributed by atoms with Gasteiger partial charge in [-0.1, -0.05) is 59.9 Å². The number of rotatable bonds is 6. The minimum Gasteiger partial charge on any atom is -0.254 e. The summed E-state index contributed by atoms with van der Waals surface area (Å²) in [4.78, 5) is 4.27. The molecule has 3 heteroatoms. The highest BCUT2D eigenvalue weighted by atomic mass is 127. The molecule has 16 heavy (non-hydrogen) atoms. The maximum Gasteiger partial charge on any atom is 0.0963 e. The van der Waals surface area contributed by atoms with Gasteiger partial charge in [0.1, 0.15) is 0 Å². The van der Waals surface area contributed by atoms with Gasteiger partial charge in [-0.05, 0) is 29.4 Å². The fraction of sp³-hybridized carbons (Fsp3) is 0.308. The van der Waals surface area contributed by atoms with E-state index in [2.05, 4.69) is 59.8 Å². The van der Waals surface area contributed by atoms with Crippen molar-refractivity contribution in [2.24, 2.45) is 4.99 Å². The first-order valence-electron chi connectivity index (χ1n) is 5.15. The molecule has 88 valence electrons. The topological polar surface area (TPSA) is 12.4 Å². The highest BCUT2D eigenvalue weighted by molar-refractivity contribution is 14.1. The molecule has 0 atom stereocenters. The van der Waals surface area contributed by atoms with Crippen LogP contribution in [0.15, 0.2) is 50.1 Å². The lowest BCUT2D eigenvalue weighted by atomic mass is 10.1. The molecule has 0 aliphatic carbocycles. The second-order valence-electron chi connectivity index (χ2n) is 3.25. The first-order chi connectivity index (χ1) is 7.63. The zero-order valence-corrected chi connectivity index (χ0v) is 12.8. The van der Waals surface area contributed by atoms with Gasteiger partial charge in [0.15, 0.2) is 0 Å². The smallest absolute Gasteiger partial charge is 0.0963 e. The maximum atomic E-state index is 4.39. The van der Waals surface area contributed by atoms with Crippen molar-refractivity contribution in [3.05, 3.63) is 45.1 Å². The molecular weight excluding hydrogens is 329 g/mol. The Labute approximate surface area is 118 Å². The summed E-state index contributed by atoms with van der Waals surface area (Å²) in [7, 11) is 0. The van der Waals surface area contributed by atoms with Crippen LogP contribution in [0.4, 0.5) is 0 Å². The maximum absolute atomic E-state index is 4.39. The van der Waals surface area contributed by atoms with Gasteiger partial charge in [0, 0.05) is 6.21 Å². The van der Waals surface area contributed by atoms with Crippen LogP contribution in [-0.4, -0.2) is 6.21 Å². The van der Waals surface area contributed by atoms with Crippen LogP contribution < -0.4 is 0 Å². The van der Waals surface area contributed by atoms with E-state index in [1.54, 1.807) is 0 Å². The molecule has 0 fully saturated rings. The second kappa shape index (κ2) is 9.90. The molecule has 0 saturated heterocycles. The molecule has 0 amide bonds. The van der Waals surface area contributed by atoms with Gasteiger partial charge >= 0.3 is 0 Å². The lowest BCUT2D eigenvalue weighted by Gasteiger charge is -2.05. The van der Waals surface area contributed by atoms with Gasteiger partial charge in [-0.3, -0.25) is 4.99 Å². The molecular formula is C13H18INS. The van der Waals surface area contributed by atoms with Gasteiger partial charge in [0.05, 0.1) is 5.03 Å². The summed E-state index contributed by atoms with van der Waals surface area (Å²) in [6.07, 6.45) is 9.68. The first kappa shape index (κ1) is 15.7. The van der Waals surface area contributed by atoms with Crippen molar-refractivity contribution in [2.75, 3.05) is 0 Å². The number of nitrogens with zero attached hydrogens (tertiary/aromatic N) is 1. The van der Waals surface area contributed by atoms with Crippen LogP contribution in [0.1, 0.15) is 26.7 Å². The van der Waals surface area contributed by atoms with Gasteiger partial charge in [0.25, 0.3) is 0 Å². The van der Waals surface area contributed by atoms with Crippen molar-refractivity contribution in [2.45, 2.75) is 26.7 Å². The molecule has 0 N–H and O–H groups in total. The predicted molar refractivity (Wildman–Crippen MR) is 86.5 cm³/mol. The normalized spacial score (nSPS) is 14.0. The zero-order chi connectivity index (χ0) is 12.4. The monoisotopic (exact) mass is 347 g/mol. The van der Waals surface area contributed by atoms with E-state index in [-0.39, 0.29) is 0 Å². The van der Waals surface area contributed by atoms with E-state index in [1.807, 2.05) is 29.4 Å². The molecule has 0 aromatic carbocycles. The second-order valence-corrected chi connectivity index (χ2v) is 4.40. The minimum absolute atomic E-state index is 0.762. The van der Waals surface area contributed by atoms with Crippen LogP contribution in [0.25, 0.3) is 0 Å². The summed E-state index contributed by atoms with van der Waals surface area (Å²) >= 11 is 6.58. The molecule has 0 aromatic heterocycles. The van der Waals surface area contributed by atoms with Crippen molar-refractivity contribution in [3.63, 3.8) is 0 Å². The van der Waals surface area contributed by atoms with E-state index in [1.165, 1.54) is 0 Å². The molecule has 0 spiro atoms. The largest absolute Gasteiger partial charge is 0.254 e. The van der Waals surface area contributed by atoms with Crippen molar-refractivity contribution in [1.29, 1.82) is 0 Å². The molecule has 0 radical (unpaired) electrons. The molecule has 0 heterocycles. The SMILES string of the molecule is C=C(C)/C(C/C=C\C=C/I)=C(S)/N=C\CC. The molecule has 0 bridgehead atoms. The molecule has 0 aliphatic rings. The van der Waals surface area contributed by atoms with Crippen LogP contribution in [0.5, 0.6) is 0 Å². The molecule has 0 aliphatic heterocycles. The summed E-state index contributed by atoms with van der Waals surface area (Å²) in [5.74, 6) is 0. The number of aliphatic imine (C=N–C) groups is 1. The number of hydrogen-bond acceptors (Lipinski definition) is 2. The van der Waals surface area contributed by atoms with E-state index < -0.39 is 0 Å². The van der Waals surface area contributed by atoms with E-state index in [0.717, 1.165) is 29.0 Å². The van der Waals surface area contributed by atoms with Crippen LogP contribution in [-0.2, 0) is 0 Å². The average Bonchev–Trinajstić information content (AvgIpc) is 2.25. The summed E-state index contributed by atoms with van der Waals surface area (Å²) in [6.45, 7) is 7.98. The Morgan fingerprint density at radius 1 is 1.44 bits per heavy atom. The Balaban J connectivity index is 4.73. The number of allylic oxidation sites excluding steroid dienone is 5. The Kier molecular flexibility index (Phi) is 9.72. The van der Waals surface area contributed by atoms with Gasteiger partial charge < -0.3 is 0 Å². The summed E-state index contributed by atoms with van der Waals surface area (Å²) < 4.78 is 1.97. The zero-order valence-electron chi connectivity index (χ0n) is 9.78. The number of hydrogen-bond donors (Lipinski definition) is 1. The predicted octanol–water partition coefficient (Wildman–Crippen LogP) is 5.08. The van der Waals surface area contributed by atoms with Gasteiger partial charge in [-0.15, -0.1) is 12.6 Å². The average molecular weight is 347 g/mol. The van der Waals surface area contributed by atoms with Crippen molar-refractivity contribution in [3.8, 4) is 0 Å². The van der Waals surface area contributed by atoms with Crippen molar-refractivity contribution in [1.82, 2.24) is 0 Å². The fourth-order valence-electron chi connectivity index (χ4n) is 1.02. The van der Waals surface area contributed by atoms with Crippen molar-refractivity contribution < 1.29 is 0 Å². The lowest BCUT2D eigenvalue weighted by Crippen LogP contribution is -1.86. The lowest BCUT2D eigenvalue weighted by molar-refractivity contribution is 1.18. The van der Waals surface area contributed by atoms with Crippen LogP contribution in [0.3, 0.4) is 0 Å². The standard InChI is InChI=1S/C13H18INS/c1-4-10-15-13(16)12(11(2)3)8-6-5-7-9-14/h5-7,9-10,16H,2,4,8H2,1,3H3/b6-5-,9-7-,13-12-,15-10-. The molecule has 1 nitrogen and oxygen atoms in total. The fourth-order valence-corrected chi connectivity index (χ4v) is 1.62. The first-order valence-corrected chi connectivity index (χ1v) is 6.85. The Bertz CT molecular complexity index is 338. The Hall–Kier alpha value is -0.290. The molecule has 0 saturated carbocycles. The van der Waals surface area contributed by atoms with Gasteiger partial charge in [-0.2, -0.15) is 0 Å². The quantitative estimate of drug-likeness (QED) is 0.298. The summed E-state index contributed by atoms with van der Waals surface area (Å²) in [5.41, 5.74) is 2.10. The summed E-state index contributed by atoms with van der Waals surface area (Å²) in [5, 5.41) is 0.762. The summed E-state index contributed by atoms with van der Waals surface area (Å²) in [6, 6.07) is 0. The molecule has 0 rings (SSSR count). The highest BCUT2D eigenvalue weighted by Crippen LogP contribution is 2.21. The third kappa shape index (κ3) is 7.06. The number of thiol groups is 1. The number of halogens is 1.